The summed E-state index contributed by atoms with van der Waals surface area (Å²) in [7, 11) is 0. The lowest BCUT2D eigenvalue weighted by atomic mass is 9.83. The Balaban J connectivity index is 1.06. The molecule has 0 atom stereocenters. The Morgan fingerprint density at radius 1 is 0.186 bits per heavy atom. The van der Waals surface area contributed by atoms with E-state index in [0.29, 0.717) is 0 Å². The fourth-order valence-corrected chi connectivity index (χ4v) is 12.2. The van der Waals surface area contributed by atoms with Crippen LogP contribution < -0.4 is 0 Å². The zero-order valence-electron chi connectivity index (χ0n) is 37.6. The van der Waals surface area contributed by atoms with Crippen LogP contribution in [0.15, 0.2) is 218 Å². The number of rotatable bonds is 4. The second-order valence-electron chi connectivity index (χ2n) is 18.7. The van der Waals surface area contributed by atoms with E-state index in [1.54, 1.807) is 0 Å². The van der Waals surface area contributed by atoms with Crippen LogP contribution >= 0.6 is 0 Å². The monoisotopic (exact) mass is 884 g/mol. The maximum absolute atomic E-state index is 5.46. The molecule has 0 saturated carbocycles. The molecule has 0 aliphatic heterocycles. The van der Waals surface area contributed by atoms with Gasteiger partial charge in [0.15, 0.2) is 0 Å². The van der Waals surface area contributed by atoms with Crippen molar-refractivity contribution in [3.63, 3.8) is 0 Å². The third kappa shape index (κ3) is 5.14. The van der Waals surface area contributed by atoms with Gasteiger partial charge in [0.05, 0.1) is 44.8 Å². The van der Waals surface area contributed by atoms with Crippen LogP contribution in [-0.2, 0) is 0 Å². The Bertz CT molecular complexity index is 4080. The summed E-state index contributed by atoms with van der Waals surface area (Å²) in [6.45, 7) is 0. The van der Waals surface area contributed by atoms with Crippen molar-refractivity contribution in [1.29, 1.82) is 0 Å². The summed E-state index contributed by atoms with van der Waals surface area (Å²) >= 11 is 0. The van der Waals surface area contributed by atoms with Crippen molar-refractivity contribution in [3.05, 3.63) is 218 Å². The summed E-state index contributed by atoms with van der Waals surface area (Å²) in [5.41, 5.74) is 21.8. The van der Waals surface area contributed by atoms with Gasteiger partial charge in [0.2, 0.25) is 0 Å². The van der Waals surface area contributed by atoms with E-state index in [1.165, 1.54) is 55.3 Å². The predicted molar refractivity (Wildman–Crippen MR) is 291 cm³/mol. The molecule has 0 fully saturated rings. The topological polar surface area (TPSA) is 51.6 Å². The normalized spacial score (nSPS) is 12.3. The van der Waals surface area contributed by atoms with Crippen molar-refractivity contribution >= 4 is 75.9 Å². The van der Waals surface area contributed by atoms with Gasteiger partial charge in [0, 0.05) is 66.1 Å². The molecule has 0 N–H and O–H groups in total. The average molecular weight is 885 g/mol. The number of aromatic nitrogens is 4. The summed E-state index contributed by atoms with van der Waals surface area (Å²) in [6.07, 6.45) is 0. The first-order valence-corrected chi connectivity index (χ1v) is 24.0. The number of benzene rings is 10. The Hall–Kier alpha value is -9.38. The SMILES string of the molecule is c1ccc2nc(-c3c4c(c(-c5ccc6ccccc6n5)c5ccccc35)-c3ccc5c6c(ccc-4c36)-c3c-5c(-c4ccc5ccccc5n4)c4ccccc4c3-c3ccc4ccccc4n3)ccc2c1. The van der Waals surface area contributed by atoms with E-state index in [9.17, 15) is 0 Å². The summed E-state index contributed by atoms with van der Waals surface area (Å²) in [5, 5.41) is 11.6. The Labute approximate surface area is 401 Å². The molecule has 70 heavy (non-hydrogen) atoms. The van der Waals surface area contributed by atoms with Gasteiger partial charge < -0.3 is 0 Å². The highest BCUT2D eigenvalue weighted by atomic mass is 14.7. The van der Waals surface area contributed by atoms with Crippen LogP contribution in [0.5, 0.6) is 0 Å². The minimum absolute atomic E-state index is 0.952. The van der Waals surface area contributed by atoms with Crippen LogP contribution in [0.3, 0.4) is 0 Å². The minimum atomic E-state index is 0.952. The second kappa shape index (κ2) is 14.1. The molecule has 0 bridgehead atoms. The van der Waals surface area contributed by atoms with Crippen LogP contribution in [0.4, 0.5) is 0 Å². The molecular weight excluding hydrogens is 849 g/mol. The second-order valence-corrected chi connectivity index (χ2v) is 18.7. The molecule has 14 aromatic rings. The highest BCUT2D eigenvalue weighted by Gasteiger charge is 2.38. The van der Waals surface area contributed by atoms with E-state index in [4.69, 9.17) is 19.9 Å². The average Bonchev–Trinajstić information content (AvgIpc) is 3.93. The molecular formula is C66H36N4. The summed E-state index contributed by atoms with van der Waals surface area (Å²) in [4.78, 5) is 21.8. The number of para-hydroxylation sites is 4. The number of pyridine rings is 4. The molecule has 0 spiro atoms. The molecule has 4 nitrogen and oxygen atoms in total. The molecule has 0 amide bonds. The van der Waals surface area contributed by atoms with E-state index in [2.05, 4.69) is 218 Å². The lowest BCUT2D eigenvalue weighted by molar-refractivity contribution is 1.40. The zero-order valence-corrected chi connectivity index (χ0v) is 37.6. The zero-order chi connectivity index (χ0) is 45.6. The first-order chi connectivity index (χ1) is 34.7. The Kier molecular flexibility index (Phi) is 7.58. The summed E-state index contributed by atoms with van der Waals surface area (Å²) < 4.78 is 0. The molecule has 16 rings (SSSR count). The van der Waals surface area contributed by atoms with Crippen molar-refractivity contribution in [2.24, 2.45) is 0 Å². The maximum atomic E-state index is 5.46. The van der Waals surface area contributed by atoms with Gasteiger partial charge in [-0.1, -0.05) is 170 Å². The van der Waals surface area contributed by atoms with Gasteiger partial charge in [-0.15, -0.1) is 0 Å². The fraction of sp³-hybridized carbons (Fsp3) is 0. The van der Waals surface area contributed by atoms with Crippen LogP contribution in [0.2, 0.25) is 0 Å². The summed E-state index contributed by atoms with van der Waals surface area (Å²) in [6, 6.07) is 78.7. The standard InChI is InChI=1S/C66H36N4/c1-9-21-49-37(13-1)25-33-53(67-49)59-41-17-5-6-18-42(41)60(54-34-26-38-14-2-10-22-50(38)68-54)64-46-31-32-48-58-47(30-29-45(57(46)58)63(59)64)65-61(55-35-27-39-15-3-11-23-51(39)69-55)43-19-7-8-20-44(43)62(66(48)65)56-36-28-40-16-4-12-24-52(40)70-56/h1-36H. The molecule has 4 heteroatoms. The van der Waals surface area contributed by atoms with Gasteiger partial charge in [-0.3, -0.25) is 0 Å². The maximum Gasteiger partial charge on any atom is 0.0722 e. The highest BCUT2D eigenvalue weighted by molar-refractivity contribution is 6.35. The Morgan fingerprint density at radius 3 is 0.671 bits per heavy atom. The van der Waals surface area contributed by atoms with Crippen LogP contribution in [0.25, 0.3) is 165 Å². The molecule has 4 heterocycles. The van der Waals surface area contributed by atoms with Gasteiger partial charge in [0.1, 0.15) is 0 Å². The summed E-state index contributed by atoms with van der Waals surface area (Å²) in [5.74, 6) is 0. The molecule has 0 unspecified atom stereocenters. The van der Waals surface area contributed by atoms with Crippen molar-refractivity contribution in [3.8, 4) is 89.5 Å². The van der Waals surface area contributed by atoms with Crippen molar-refractivity contribution in [2.45, 2.75) is 0 Å². The first kappa shape index (κ1) is 37.7. The molecule has 0 saturated heterocycles. The third-order valence-corrected chi connectivity index (χ3v) is 15.1. The van der Waals surface area contributed by atoms with E-state index >= 15 is 0 Å². The highest BCUT2D eigenvalue weighted by Crippen LogP contribution is 2.64. The Morgan fingerprint density at radius 2 is 0.414 bits per heavy atom. The fourth-order valence-electron chi connectivity index (χ4n) is 12.2. The van der Waals surface area contributed by atoms with E-state index < -0.39 is 0 Å². The lowest BCUT2D eigenvalue weighted by Gasteiger charge is -2.20. The van der Waals surface area contributed by atoms with Crippen LogP contribution in [0, 0.1) is 0 Å². The van der Waals surface area contributed by atoms with Gasteiger partial charge >= 0.3 is 0 Å². The number of fused-ring (bicyclic) bond motifs is 12. The van der Waals surface area contributed by atoms with E-state index in [-0.39, 0.29) is 0 Å². The van der Waals surface area contributed by atoms with Crippen molar-refractivity contribution < 1.29 is 0 Å². The minimum Gasteiger partial charge on any atom is -0.248 e. The van der Waals surface area contributed by atoms with Gasteiger partial charge in [-0.2, -0.15) is 0 Å². The molecule has 2 aliphatic carbocycles. The van der Waals surface area contributed by atoms with Crippen LogP contribution in [-0.4, -0.2) is 19.9 Å². The van der Waals surface area contributed by atoms with Gasteiger partial charge in [0.25, 0.3) is 0 Å². The predicted octanol–water partition coefficient (Wildman–Crippen LogP) is 17.3. The molecule has 2 aliphatic rings. The lowest BCUT2D eigenvalue weighted by Crippen LogP contribution is -1.97. The molecule has 0 radical (unpaired) electrons. The smallest absolute Gasteiger partial charge is 0.0722 e. The quantitative estimate of drug-likeness (QED) is 0.177. The largest absolute Gasteiger partial charge is 0.248 e. The first-order valence-electron chi connectivity index (χ1n) is 24.0. The number of nitrogens with zero attached hydrogens (tertiary/aromatic N) is 4. The van der Waals surface area contributed by atoms with Gasteiger partial charge in [-0.05, 0) is 103 Å². The third-order valence-electron chi connectivity index (χ3n) is 15.1. The van der Waals surface area contributed by atoms with E-state index in [0.717, 1.165) is 110 Å². The number of hydrogen-bond donors (Lipinski definition) is 0. The van der Waals surface area contributed by atoms with Crippen LogP contribution in [0.1, 0.15) is 0 Å². The van der Waals surface area contributed by atoms with Gasteiger partial charge in [-0.25, -0.2) is 19.9 Å². The van der Waals surface area contributed by atoms with Crippen molar-refractivity contribution in [1.82, 2.24) is 19.9 Å². The molecule has 320 valence electrons. The van der Waals surface area contributed by atoms with E-state index in [1.807, 2.05) is 0 Å². The van der Waals surface area contributed by atoms with Crippen molar-refractivity contribution in [2.75, 3.05) is 0 Å². The number of hydrogen-bond acceptors (Lipinski definition) is 4. The molecule has 4 aromatic heterocycles. The molecule has 10 aromatic carbocycles.